The molecule has 1 N–H and O–H groups in total. The highest BCUT2D eigenvalue weighted by Gasteiger charge is 2.00. The van der Waals surface area contributed by atoms with Gasteiger partial charge in [-0.1, -0.05) is 0 Å². The molecule has 0 aliphatic heterocycles. The first kappa shape index (κ1) is 11.7. The Kier molecular flexibility index (Phi) is 4.52. The third-order valence-corrected chi connectivity index (χ3v) is 1.47. The molecule has 6 heteroatoms. The smallest absolute Gasteiger partial charge is 0.356 e. The fourth-order valence-corrected chi connectivity index (χ4v) is 0.783. The van der Waals surface area contributed by atoms with Gasteiger partial charge in [-0.2, -0.15) is 0 Å². The third-order valence-electron chi connectivity index (χ3n) is 1.47. The summed E-state index contributed by atoms with van der Waals surface area (Å²) < 4.78 is 0. The van der Waals surface area contributed by atoms with Crippen LogP contribution in [0.25, 0.3) is 0 Å². The second kappa shape index (κ2) is 6.18. The van der Waals surface area contributed by atoms with E-state index in [0.717, 1.165) is 5.69 Å². The van der Waals surface area contributed by atoms with Crippen LogP contribution in [-0.2, 0) is 0 Å². The van der Waals surface area contributed by atoms with Crippen LogP contribution >= 0.6 is 0 Å². The predicted octanol–water partition coefficient (Wildman–Crippen LogP) is 0.960. The van der Waals surface area contributed by atoms with Gasteiger partial charge in [0.15, 0.2) is 5.69 Å². The predicted molar refractivity (Wildman–Crippen MR) is 55.8 cm³/mol. The van der Waals surface area contributed by atoms with Gasteiger partial charge in [0.05, 0.1) is 11.9 Å². The molecular formula is C10H10N4O2. The summed E-state index contributed by atoms with van der Waals surface area (Å²) in [6.07, 6.45) is 9.01. The van der Waals surface area contributed by atoms with Crippen molar-refractivity contribution in [3.8, 4) is 0 Å². The van der Waals surface area contributed by atoms with E-state index < -0.39 is 5.97 Å². The zero-order valence-electron chi connectivity index (χ0n) is 8.61. The lowest BCUT2D eigenvalue weighted by molar-refractivity contribution is 0.0690. The Morgan fingerprint density at radius 2 is 1.69 bits per heavy atom. The first-order chi connectivity index (χ1) is 7.70. The Morgan fingerprint density at radius 3 is 1.94 bits per heavy atom. The molecule has 2 aromatic heterocycles. The first-order valence-corrected chi connectivity index (χ1v) is 4.42. The first-order valence-electron chi connectivity index (χ1n) is 4.42. The lowest BCUT2D eigenvalue weighted by Gasteiger charge is -1.86. The topological polar surface area (TPSA) is 88.9 Å². The molecule has 2 rings (SSSR count). The van der Waals surface area contributed by atoms with Gasteiger partial charge in [-0.05, 0) is 6.92 Å². The van der Waals surface area contributed by atoms with Crippen LogP contribution in [0.15, 0.2) is 37.2 Å². The molecule has 0 atom stereocenters. The van der Waals surface area contributed by atoms with Crippen LogP contribution in [0.5, 0.6) is 0 Å². The van der Waals surface area contributed by atoms with Gasteiger partial charge in [-0.25, -0.2) is 9.78 Å². The van der Waals surface area contributed by atoms with Gasteiger partial charge in [0.1, 0.15) is 0 Å². The molecule has 6 nitrogen and oxygen atoms in total. The van der Waals surface area contributed by atoms with Crippen molar-refractivity contribution in [2.75, 3.05) is 0 Å². The number of carboxylic acids is 1. The highest BCUT2D eigenvalue weighted by Crippen LogP contribution is 1.86. The molecule has 0 aliphatic rings. The van der Waals surface area contributed by atoms with Crippen LogP contribution in [0.3, 0.4) is 0 Å². The Bertz CT molecular complexity index is 433. The van der Waals surface area contributed by atoms with E-state index in [2.05, 4.69) is 19.9 Å². The summed E-state index contributed by atoms with van der Waals surface area (Å²) >= 11 is 0. The number of aromatic carboxylic acids is 1. The molecule has 0 saturated heterocycles. The van der Waals surface area contributed by atoms with Gasteiger partial charge < -0.3 is 5.11 Å². The number of carbonyl (C=O) groups is 1. The van der Waals surface area contributed by atoms with E-state index >= 15 is 0 Å². The van der Waals surface area contributed by atoms with Gasteiger partial charge >= 0.3 is 5.97 Å². The number of aryl methyl sites for hydroxylation is 1. The van der Waals surface area contributed by atoms with Crippen molar-refractivity contribution in [1.82, 2.24) is 19.9 Å². The summed E-state index contributed by atoms with van der Waals surface area (Å²) in [7, 11) is 0. The molecule has 0 radical (unpaired) electrons. The van der Waals surface area contributed by atoms with Crippen LogP contribution < -0.4 is 0 Å². The van der Waals surface area contributed by atoms with Crippen molar-refractivity contribution in [3.05, 3.63) is 48.6 Å². The zero-order valence-corrected chi connectivity index (χ0v) is 8.61. The molecule has 0 amide bonds. The van der Waals surface area contributed by atoms with E-state index in [-0.39, 0.29) is 5.69 Å². The molecule has 0 unspecified atom stereocenters. The van der Waals surface area contributed by atoms with Crippen LogP contribution in [-0.4, -0.2) is 31.0 Å². The summed E-state index contributed by atoms with van der Waals surface area (Å²) in [5.41, 5.74) is 0.931. The quantitative estimate of drug-likeness (QED) is 0.766. The SMILES string of the molecule is Cc1cnccn1.O=C(O)c1cnccn1. The molecule has 2 aromatic rings. The molecule has 2 heterocycles. The summed E-state index contributed by atoms with van der Waals surface area (Å²) in [5.74, 6) is -1.05. The minimum Gasteiger partial charge on any atom is -0.476 e. The second-order valence-electron chi connectivity index (χ2n) is 2.74. The van der Waals surface area contributed by atoms with Crippen molar-refractivity contribution in [1.29, 1.82) is 0 Å². The molecular weight excluding hydrogens is 208 g/mol. The van der Waals surface area contributed by atoms with Crippen LogP contribution in [0, 0.1) is 6.92 Å². The lowest BCUT2D eigenvalue weighted by atomic mass is 10.5. The Hall–Kier alpha value is -2.37. The van der Waals surface area contributed by atoms with Gasteiger partial charge in [-0.15, -0.1) is 0 Å². The van der Waals surface area contributed by atoms with Gasteiger partial charge in [0, 0.05) is 31.0 Å². The van der Waals surface area contributed by atoms with E-state index in [0.29, 0.717) is 0 Å². The largest absolute Gasteiger partial charge is 0.476 e. The maximum Gasteiger partial charge on any atom is 0.356 e. The number of rotatable bonds is 1. The molecule has 0 fully saturated rings. The third kappa shape index (κ3) is 4.23. The number of aromatic nitrogens is 4. The number of hydrogen-bond donors (Lipinski definition) is 1. The fraction of sp³-hybridized carbons (Fsp3) is 0.100. The monoisotopic (exact) mass is 218 g/mol. The number of hydrogen-bond acceptors (Lipinski definition) is 5. The fourth-order valence-electron chi connectivity index (χ4n) is 0.783. The number of nitrogens with zero attached hydrogens (tertiary/aromatic N) is 4. The average molecular weight is 218 g/mol. The number of carboxylic acid groups (broad SMARTS) is 1. The molecule has 0 aliphatic carbocycles. The minimum atomic E-state index is -1.05. The Morgan fingerprint density at radius 1 is 1.06 bits per heavy atom. The van der Waals surface area contributed by atoms with Gasteiger partial charge in [0.25, 0.3) is 0 Å². The van der Waals surface area contributed by atoms with Crippen molar-refractivity contribution < 1.29 is 9.90 Å². The van der Waals surface area contributed by atoms with E-state index in [1.807, 2.05) is 6.92 Å². The highest BCUT2D eigenvalue weighted by atomic mass is 16.4. The normalized spacial score (nSPS) is 8.81. The maximum absolute atomic E-state index is 10.1. The van der Waals surface area contributed by atoms with Crippen LogP contribution in [0.1, 0.15) is 16.2 Å². The van der Waals surface area contributed by atoms with Gasteiger partial charge in [0.2, 0.25) is 0 Å². The van der Waals surface area contributed by atoms with Crippen LogP contribution in [0.2, 0.25) is 0 Å². The Balaban J connectivity index is 0.000000165. The van der Waals surface area contributed by atoms with E-state index in [9.17, 15) is 4.79 Å². The summed E-state index contributed by atoms with van der Waals surface area (Å²) in [6.45, 7) is 1.91. The average Bonchev–Trinajstić information content (AvgIpc) is 2.32. The van der Waals surface area contributed by atoms with Crippen molar-refractivity contribution in [2.45, 2.75) is 6.92 Å². The van der Waals surface area contributed by atoms with Crippen molar-refractivity contribution in [2.24, 2.45) is 0 Å². The summed E-state index contributed by atoms with van der Waals surface area (Å²) in [4.78, 5) is 24.9. The zero-order chi connectivity index (χ0) is 11.8. The molecule has 0 saturated carbocycles. The van der Waals surface area contributed by atoms with Crippen molar-refractivity contribution >= 4 is 5.97 Å². The molecule has 0 spiro atoms. The highest BCUT2D eigenvalue weighted by molar-refractivity contribution is 5.84. The van der Waals surface area contributed by atoms with E-state index in [1.165, 1.54) is 18.6 Å². The molecule has 82 valence electrons. The minimum absolute atomic E-state index is 0.0301. The molecule has 0 aromatic carbocycles. The molecule has 0 bridgehead atoms. The Labute approximate surface area is 92.1 Å². The van der Waals surface area contributed by atoms with E-state index in [4.69, 9.17) is 5.11 Å². The summed E-state index contributed by atoms with van der Waals surface area (Å²) in [5, 5.41) is 8.28. The standard InChI is InChI=1S/C5H4N2O2.C5H6N2/c8-5(9)4-3-6-1-2-7-4;1-5-4-6-2-3-7-5/h1-3H,(H,8,9);2-4H,1H3. The lowest BCUT2D eigenvalue weighted by Crippen LogP contribution is -1.99. The second-order valence-corrected chi connectivity index (χ2v) is 2.74. The maximum atomic E-state index is 10.1. The van der Waals surface area contributed by atoms with E-state index in [1.54, 1.807) is 18.6 Å². The van der Waals surface area contributed by atoms with Crippen molar-refractivity contribution in [3.63, 3.8) is 0 Å². The molecule has 16 heavy (non-hydrogen) atoms. The van der Waals surface area contributed by atoms with Gasteiger partial charge in [-0.3, -0.25) is 15.0 Å². The van der Waals surface area contributed by atoms with Crippen LogP contribution in [0.4, 0.5) is 0 Å². The summed E-state index contributed by atoms with van der Waals surface area (Å²) in [6, 6.07) is 0.